The van der Waals surface area contributed by atoms with Gasteiger partial charge in [0.15, 0.2) is 0 Å². The minimum atomic E-state index is -0.962. The lowest BCUT2D eigenvalue weighted by Gasteiger charge is -2.30. The Morgan fingerprint density at radius 1 is 0.846 bits per heavy atom. The van der Waals surface area contributed by atoms with Crippen LogP contribution in [0.3, 0.4) is 0 Å². The van der Waals surface area contributed by atoms with E-state index in [2.05, 4.69) is 16.0 Å². The van der Waals surface area contributed by atoms with E-state index in [1.165, 1.54) is 0 Å². The number of benzene rings is 2. The quantitative estimate of drug-likeness (QED) is 0.245. The van der Waals surface area contributed by atoms with Crippen LogP contribution < -0.4 is 16.0 Å². The Balaban J connectivity index is 1.93. The maximum atomic E-state index is 12.4. The second kappa shape index (κ2) is 16.1. The average molecular weight is 544 g/mol. The Hall–Kier alpha value is -3.14. The van der Waals surface area contributed by atoms with E-state index in [1.807, 2.05) is 74.5 Å². The fraction of sp³-hybridized carbons (Fsp3) is 0.533. The minimum Gasteiger partial charge on any atom is -0.445 e. The van der Waals surface area contributed by atoms with Crippen molar-refractivity contribution in [2.45, 2.75) is 84.0 Å². The lowest BCUT2D eigenvalue weighted by Crippen LogP contribution is -2.53. The number of carbonyl (C=O) groups is 2. The van der Waals surface area contributed by atoms with Crippen LogP contribution in [0.1, 0.15) is 52.2 Å². The molecular formula is C30H45N3O6. The number of aliphatic hydroxyl groups excluding tert-OH is 2. The first-order valence-corrected chi connectivity index (χ1v) is 13.6. The minimum absolute atomic E-state index is 0.0179. The summed E-state index contributed by atoms with van der Waals surface area (Å²) in [6.07, 6.45) is -1.97. The summed E-state index contributed by atoms with van der Waals surface area (Å²) >= 11 is 0. The largest absolute Gasteiger partial charge is 0.445 e. The fourth-order valence-corrected chi connectivity index (χ4v) is 4.03. The van der Waals surface area contributed by atoms with E-state index in [1.54, 1.807) is 20.8 Å². The van der Waals surface area contributed by atoms with Gasteiger partial charge in [0.2, 0.25) is 0 Å². The summed E-state index contributed by atoms with van der Waals surface area (Å²) in [6, 6.07) is 17.7. The average Bonchev–Trinajstić information content (AvgIpc) is 2.89. The number of amides is 2. The lowest BCUT2D eigenvalue weighted by molar-refractivity contribution is 0.0412. The molecule has 0 aliphatic carbocycles. The number of alkyl carbamates (subject to hydrolysis) is 2. The zero-order valence-corrected chi connectivity index (χ0v) is 23.7. The van der Waals surface area contributed by atoms with Crippen molar-refractivity contribution >= 4 is 12.2 Å². The van der Waals surface area contributed by atoms with Crippen LogP contribution in [-0.4, -0.2) is 65.4 Å². The Bertz CT molecular complexity index is 983. The van der Waals surface area contributed by atoms with E-state index in [9.17, 15) is 19.8 Å². The smallest absolute Gasteiger partial charge is 0.407 e. The molecule has 0 fully saturated rings. The van der Waals surface area contributed by atoms with Gasteiger partial charge in [-0.3, -0.25) is 0 Å². The fourth-order valence-electron chi connectivity index (χ4n) is 4.03. The predicted octanol–water partition coefficient (Wildman–Crippen LogP) is 3.77. The zero-order chi connectivity index (χ0) is 28.8. The van der Waals surface area contributed by atoms with Crippen LogP contribution in [-0.2, 0) is 22.5 Å². The summed E-state index contributed by atoms with van der Waals surface area (Å²) in [4.78, 5) is 24.9. The number of ether oxygens (including phenoxy) is 2. The summed E-state index contributed by atoms with van der Waals surface area (Å²) in [5.74, 6) is -0.0179. The van der Waals surface area contributed by atoms with Gasteiger partial charge in [0.1, 0.15) is 12.2 Å². The highest BCUT2D eigenvalue weighted by atomic mass is 16.6. The molecule has 9 nitrogen and oxygen atoms in total. The number of nitrogens with one attached hydrogen (secondary N) is 3. The van der Waals surface area contributed by atoms with E-state index in [0.29, 0.717) is 6.42 Å². The van der Waals surface area contributed by atoms with Gasteiger partial charge in [0, 0.05) is 13.1 Å². The molecule has 0 aliphatic rings. The highest BCUT2D eigenvalue weighted by molar-refractivity contribution is 5.68. The van der Waals surface area contributed by atoms with Crippen molar-refractivity contribution in [3.63, 3.8) is 0 Å². The maximum Gasteiger partial charge on any atom is 0.407 e. The Labute approximate surface area is 232 Å². The van der Waals surface area contributed by atoms with Gasteiger partial charge in [-0.1, -0.05) is 80.9 Å². The van der Waals surface area contributed by atoms with Crippen LogP contribution in [0.15, 0.2) is 60.7 Å². The summed E-state index contributed by atoms with van der Waals surface area (Å²) in [5.41, 5.74) is 1.15. The first kappa shape index (κ1) is 32.1. The molecule has 0 bridgehead atoms. The van der Waals surface area contributed by atoms with Gasteiger partial charge in [0.05, 0.1) is 24.3 Å². The molecule has 39 heavy (non-hydrogen) atoms. The summed E-state index contributed by atoms with van der Waals surface area (Å²) in [5, 5.41) is 30.5. The SMILES string of the molecule is CCC(C)[C@H](NC(=O)OCc1ccccc1)[C@H](O)CNC[C@@H](O)[C@H](Cc1ccccc1)NC(=O)OC(C)(C)C. The van der Waals surface area contributed by atoms with Crippen molar-refractivity contribution in [3.8, 4) is 0 Å². The molecule has 2 aromatic rings. The number of hydrogen-bond acceptors (Lipinski definition) is 7. The van der Waals surface area contributed by atoms with Crippen molar-refractivity contribution < 1.29 is 29.3 Å². The predicted molar refractivity (Wildman–Crippen MR) is 151 cm³/mol. The molecule has 2 aromatic carbocycles. The number of aliphatic hydroxyl groups is 2. The van der Waals surface area contributed by atoms with E-state index >= 15 is 0 Å². The Morgan fingerprint density at radius 3 is 1.97 bits per heavy atom. The molecule has 5 N–H and O–H groups in total. The maximum absolute atomic E-state index is 12.4. The topological polar surface area (TPSA) is 129 Å². The Morgan fingerprint density at radius 2 is 1.41 bits per heavy atom. The third-order valence-corrected chi connectivity index (χ3v) is 6.34. The third-order valence-electron chi connectivity index (χ3n) is 6.34. The van der Waals surface area contributed by atoms with Crippen molar-refractivity contribution in [1.29, 1.82) is 0 Å². The third kappa shape index (κ3) is 12.5. The van der Waals surface area contributed by atoms with Crippen LogP contribution in [0.2, 0.25) is 0 Å². The van der Waals surface area contributed by atoms with Gasteiger partial charge in [-0.2, -0.15) is 0 Å². The molecule has 5 atom stereocenters. The van der Waals surface area contributed by atoms with E-state index in [0.717, 1.165) is 17.5 Å². The molecule has 0 aromatic heterocycles. The second-order valence-corrected chi connectivity index (χ2v) is 10.9. The van der Waals surface area contributed by atoms with Crippen molar-refractivity contribution in [3.05, 3.63) is 71.8 Å². The summed E-state index contributed by atoms with van der Waals surface area (Å²) in [6.45, 7) is 9.61. The molecular weight excluding hydrogens is 498 g/mol. The second-order valence-electron chi connectivity index (χ2n) is 10.9. The molecule has 9 heteroatoms. The first-order chi connectivity index (χ1) is 18.5. The van der Waals surface area contributed by atoms with Crippen LogP contribution >= 0.6 is 0 Å². The molecule has 0 radical (unpaired) electrons. The van der Waals surface area contributed by atoms with Crippen molar-refractivity contribution in [2.75, 3.05) is 13.1 Å². The van der Waals surface area contributed by atoms with Crippen LogP contribution in [0.4, 0.5) is 9.59 Å². The van der Waals surface area contributed by atoms with Crippen molar-refractivity contribution in [2.24, 2.45) is 5.92 Å². The highest BCUT2D eigenvalue weighted by Gasteiger charge is 2.28. The number of hydrogen-bond donors (Lipinski definition) is 5. The van der Waals surface area contributed by atoms with Gasteiger partial charge in [-0.05, 0) is 44.2 Å². The van der Waals surface area contributed by atoms with E-state index < -0.39 is 42.1 Å². The number of rotatable bonds is 14. The molecule has 0 aliphatic heterocycles. The number of carbonyl (C=O) groups excluding carboxylic acids is 2. The molecule has 2 amide bonds. The monoisotopic (exact) mass is 543 g/mol. The van der Waals surface area contributed by atoms with Crippen LogP contribution in [0.25, 0.3) is 0 Å². The zero-order valence-electron chi connectivity index (χ0n) is 23.7. The summed E-state index contributed by atoms with van der Waals surface area (Å²) in [7, 11) is 0. The van der Waals surface area contributed by atoms with E-state index in [-0.39, 0.29) is 25.6 Å². The van der Waals surface area contributed by atoms with Gasteiger partial charge in [-0.15, -0.1) is 0 Å². The normalized spacial score (nSPS) is 15.4. The van der Waals surface area contributed by atoms with E-state index in [4.69, 9.17) is 9.47 Å². The molecule has 0 spiro atoms. The molecule has 0 saturated carbocycles. The molecule has 0 heterocycles. The van der Waals surface area contributed by atoms with Gasteiger partial charge in [0.25, 0.3) is 0 Å². The molecule has 1 unspecified atom stereocenters. The standard InChI is InChI=1S/C30H45N3O6/c1-6-21(2)27(33-28(36)38-20-23-15-11-8-12-16-23)26(35)19-31-18-25(34)24(17-22-13-9-7-10-14-22)32-29(37)39-30(3,4)5/h7-16,21,24-27,31,34-35H,6,17-20H2,1-5H3,(H,32,37)(H,33,36)/t21?,24-,25+,26+,27-/m0/s1. The van der Waals surface area contributed by atoms with Crippen molar-refractivity contribution in [1.82, 2.24) is 16.0 Å². The molecule has 0 saturated heterocycles. The summed E-state index contributed by atoms with van der Waals surface area (Å²) < 4.78 is 10.7. The highest BCUT2D eigenvalue weighted by Crippen LogP contribution is 2.13. The Kier molecular flexibility index (Phi) is 13.2. The van der Waals surface area contributed by atoms with Gasteiger partial charge in [-0.25, -0.2) is 9.59 Å². The van der Waals surface area contributed by atoms with Gasteiger partial charge >= 0.3 is 12.2 Å². The molecule has 2 rings (SSSR count). The first-order valence-electron chi connectivity index (χ1n) is 13.6. The van der Waals surface area contributed by atoms with Crippen LogP contribution in [0, 0.1) is 5.92 Å². The lowest BCUT2D eigenvalue weighted by atomic mass is 9.94. The van der Waals surface area contributed by atoms with Gasteiger partial charge < -0.3 is 35.6 Å². The molecule has 216 valence electrons. The van der Waals surface area contributed by atoms with Crippen LogP contribution in [0.5, 0.6) is 0 Å².